The van der Waals surface area contributed by atoms with E-state index >= 15 is 0 Å². The van der Waals surface area contributed by atoms with Crippen LogP contribution in [0.25, 0.3) is 0 Å². The monoisotopic (exact) mass is 297 g/mol. The Balaban J connectivity index is 2.12. The number of imidazole rings is 1. The molecule has 0 aliphatic rings. The van der Waals surface area contributed by atoms with Crippen LogP contribution in [-0.2, 0) is 13.1 Å². The fourth-order valence-corrected chi connectivity index (χ4v) is 2.25. The summed E-state index contributed by atoms with van der Waals surface area (Å²) in [6.07, 6.45) is 3.77. The van der Waals surface area contributed by atoms with Crippen LogP contribution in [0.1, 0.15) is 25.2 Å². The van der Waals surface area contributed by atoms with Gasteiger partial charge in [-0.1, -0.05) is 43.1 Å². The number of nitrogens with one attached hydrogen (secondary N) is 1. The molecule has 1 aromatic carbocycles. The third-order valence-electron chi connectivity index (χ3n) is 2.83. The number of rotatable bonds is 5. The lowest BCUT2D eigenvalue weighted by Crippen LogP contribution is -2.24. The highest BCUT2D eigenvalue weighted by Crippen LogP contribution is 2.22. The van der Waals surface area contributed by atoms with E-state index in [0.717, 1.165) is 17.9 Å². The third-order valence-corrected chi connectivity index (χ3v) is 3.41. The van der Waals surface area contributed by atoms with Crippen molar-refractivity contribution in [3.05, 3.63) is 52.0 Å². The first kappa shape index (κ1) is 14.4. The number of hydrogen-bond acceptors (Lipinski definition) is 2. The van der Waals surface area contributed by atoms with E-state index in [0.29, 0.717) is 22.6 Å². The molecule has 102 valence electrons. The summed E-state index contributed by atoms with van der Waals surface area (Å²) >= 11 is 12.1. The molecule has 0 saturated carbocycles. The Morgan fingerprint density at radius 3 is 2.79 bits per heavy atom. The zero-order valence-electron chi connectivity index (χ0n) is 11.0. The molecule has 19 heavy (non-hydrogen) atoms. The van der Waals surface area contributed by atoms with Gasteiger partial charge in [-0.15, -0.1) is 0 Å². The van der Waals surface area contributed by atoms with Gasteiger partial charge >= 0.3 is 0 Å². The molecule has 0 amide bonds. The normalized spacial score (nSPS) is 11.2. The predicted molar refractivity (Wildman–Crippen MR) is 79.8 cm³/mol. The van der Waals surface area contributed by atoms with E-state index in [2.05, 4.69) is 28.7 Å². The minimum absolute atomic E-state index is 0.435. The SMILES string of the molecule is CC(C)NCc1nccn1Cc1ccc(Cl)cc1Cl. The van der Waals surface area contributed by atoms with Gasteiger partial charge in [-0.05, 0) is 17.7 Å². The molecule has 1 heterocycles. The second-order valence-corrected chi connectivity index (χ2v) is 5.59. The second-order valence-electron chi connectivity index (χ2n) is 4.74. The topological polar surface area (TPSA) is 29.9 Å². The molecule has 5 heteroatoms. The average molecular weight is 298 g/mol. The van der Waals surface area contributed by atoms with Crippen LogP contribution in [0.3, 0.4) is 0 Å². The van der Waals surface area contributed by atoms with Crippen LogP contribution in [0.5, 0.6) is 0 Å². The maximum absolute atomic E-state index is 6.19. The van der Waals surface area contributed by atoms with E-state index in [-0.39, 0.29) is 0 Å². The van der Waals surface area contributed by atoms with E-state index in [1.807, 2.05) is 18.3 Å². The lowest BCUT2D eigenvalue weighted by atomic mass is 10.2. The lowest BCUT2D eigenvalue weighted by Gasteiger charge is -2.12. The van der Waals surface area contributed by atoms with E-state index in [1.165, 1.54) is 0 Å². The van der Waals surface area contributed by atoms with E-state index in [4.69, 9.17) is 23.2 Å². The number of benzene rings is 1. The number of halogens is 2. The number of nitrogens with zero attached hydrogens (tertiary/aromatic N) is 2. The van der Waals surface area contributed by atoms with Crippen molar-refractivity contribution in [2.45, 2.75) is 33.0 Å². The molecule has 1 aromatic heterocycles. The number of hydrogen-bond donors (Lipinski definition) is 1. The highest BCUT2D eigenvalue weighted by atomic mass is 35.5. The highest BCUT2D eigenvalue weighted by Gasteiger charge is 2.07. The van der Waals surface area contributed by atoms with Gasteiger partial charge in [0.15, 0.2) is 0 Å². The molecule has 3 nitrogen and oxygen atoms in total. The molecule has 2 rings (SSSR count). The molecule has 2 aromatic rings. The van der Waals surface area contributed by atoms with Crippen molar-refractivity contribution in [3.8, 4) is 0 Å². The minimum Gasteiger partial charge on any atom is -0.329 e. The van der Waals surface area contributed by atoms with E-state index in [9.17, 15) is 0 Å². The second kappa shape index (κ2) is 6.42. The van der Waals surface area contributed by atoms with Crippen molar-refractivity contribution >= 4 is 23.2 Å². The zero-order chi connectivity index (χ0) is 13.8. The van der Waals surface area contributed by atoms with Crippen molar-refractivity contribution in [2.24, 2.45) is 0 Å². The molecule has 0 bridgehead atoms. The van der Waals surface area contributed by atoms with E-state index in [1.54, 1.807) is 12.3 Å². The molecular weight excluding hydrogens is 281 g/mol. The molecule has 0 fully saturated rings. The Hall–Kier alpha value is -1.03. The first-order valence-corrected chi connectivity index (χ1v) is 6.99. The van der Waals surface area contributed by atoms with Gasteiger partial charge < -0.3 is 9.88 Å². The van der Waals surface area contributed by atoms with Gasteiger partial charge in [0.2, 0.25) is 0 Å². The molecule has 0 radical (unpaired) electrons. The maximum atomic E-state index is 6.19. The van der Waals surface area contributed by atoms with Crippen LogP contribution in [0.2, 0.25) is 10.0 Å². The van der Waals surface area contributed by atoms with Gasteiger partial charge in [0.25, 0.3) is 0 Å². The Labute approximate surface area is 123 Å². The Morgan fingerprint density at radius 1 is 1.32 bits per heavy atom. The average Bonchev–Trinajstić information content (AvgIpc) is 2.77. The fourth-order valence-electron chi connectivity index (χ4n) is 1.78. The summed E-state index contributed by atoms with van der Waals surface area (Å²) in [5, 5.41) is 4.70. The smallest absolute Gasteiger partial charge is 0.122 e. The van der Waals surface area contributed by atoms with Crippen LogP contribution >= 0.6 is 23.2 Å². The summed E-state index contributed by atoms with van der Waals surface area (Å²) in [6, 6.07) is 6.00. The van der Waals surface area contributed by atoms with Crippen LogP contribution < -0.4 is 5.32 Å². The van der Waals surface area contributed by atoms with E-state index < -0.39 is 0 Å². The first-order chi connectivity index (χ1) is 9.06. The highest BCUT2D eigenvalue weighted by molar-refractivity contribution is 6.35. The van der Waals surface area contributed by atoms with Gasteiger partial charge in [-0.25, -0.2) is 4.98 Å². The Bertz CT molecular complexity index is 549. The third kappa shape index (κ3) is 3.96. The van der Waals surface area contributed by atoms with Crippen molar-refractivity contribution in [3.63, 3.8) is 0 Å². The van der Waals surface area contributed by atoms with Gasteiger partial charge in [-0.2, -0.15) is 0 Å². The fraction of sp³-hybridized carbons (Fsp3) is 0.357. The first-order valence-electron chi connectivity index (χ1n) is 6.23. The van der Waals surface area contributed by atoms with Gasteiger partial charge in [0, 0.05) is 28.5 Å². The Kier molecular flexibility index (Phi) is 4.86. The quantitative estimate of drug-likeness (QED) is 0.911. The summed E-state index contributed by atoms with van der Waals surface area (Å²) in [6.45, 7) is 5.67. The van der Waals surface area contributed by atoms with Gasteiger partial charge in [0.05, 0.1) is 13.1 Å². The molecule has 0 saturated heterocycles. The molecule has 0 atom stereocenters. The molecule has 0 unspecified atom stereocenters. The summed E-state index contributed by atoms with van der Waals surface area (Å²) < 4.78 is 2.09. The van der Waals surface area contributed by atoms with Crippen LogP contribution in [0.15, 0.2) is 30.6 Å². The summed E-state index contributed by atoms with van der Waals surface area (Å²) in [5.41, 5.74) is 1.04. The minimum atomic E-state index is 0.435. The summed E-state index contributed by atoms with van der Waals surface area (Å²) in [4.78, 5) is 4.36. The summed E-state index contributed by atoms with van der Waals surface area (Å²) in [5.74, 6) is 1.000. The molecular formula is C14H17Cl2N3. The van der Waals surface area contributed by atoms with Crippen molar-refractivity contribution in [1.82, 2.24) is 14.9 Å². The zero-order valence-corrected chi connectivity index (χ0v) is 12.5. The van der Waals surface area contributed by atoms with Gasteiger partial charge in [-0.3, -0.25) is 0 Å². The maximum Gasteiger partial charge on any atom is 0.122 e. The number of aromatic nitrogens is 2. The predicted octanol–water partition coefficient (Wildman–Crippen LogP) is 3.74. The molecule has 0 aliphatic carbocycles. The van der Waals surface area contributed by atoms with Gasteiger partial charge in [0.1, 0.15) is 5.82 Å². The van der Waals surface area contributed by atoms with Crippen molar-refractivity contribution in [1.29, 1.82) is 0 Å². The molecule has 1 N–H and O–H groups in total. The van der Waals surface area contributed by atoms with Crippen LogP contribution in [-0.4, -0.2) is 15.6 Å². The molecule has 0 spiro atoms. The van der Waals surface area contributed by atoms with Crippen LogP contribution in [0, 0.1) is 0 Å². The van der Waals surface area contributed by atoms with Crippen molar-refractivity contribution in [2.75, 3.05) is 0 Å². The van der Waals surface area contributed by atoms with Crippen LogP contribution in [0.4, 0.5) is 0 Å². The van der Waals surface area contributed by atoms with Crippen molar-refractivity contribution < 1.29 is 0 Å². The summed E-state index contributed by atoms with van der Waals surface area (Å²) in [7, 11) is 0. The lowest BCUT2D eigenvalue weighted by molar-refractivity contribution is 0.554. The Morgan fingerprint density at radius 2 is 2.11 bits per heavy atom. The standard InChI is InChI=1S/C14H17Cl2N3/c1-10(2)18-8-14-17-5-6-19(14)9-11-3-4-12(15)7-13(11)16/h3-7,10,18H,8-9H2,1-2H3. The molecule has 0 aliphatic heterocycles. The largest absolute Gasteiger partial charge is 0.329 e.